The number of hydrogen-bond donors (Lipinski definition) is 1. The monoisotopic (exact) mass is 405 g/mol. The standard InChI is InChI=1S/C21H19N5O2S/c1-13-12-29-20(23-13)16-7-5-6-15(10-16)11-22-19(27)14(2)26-21(28)17-8-3-4-9-18(17)24-25-26/h3-10,12,14H,11H2,1-2H3,(H,22,27)/t14-/m0/s1. The molecule has 0 aliphatic heterocycles. The Balaban J connectivity index is 1.49. The molecule has 1 atom stereocenters. The van der Waals surface area contributed by atoms with Gasteiger partial charge in [0.05, 0.1) is 5.39 Å². The van der Waals surface area contributed by atoms with Gasteiger partial charge in [0.2, 0.25) is 5.91 Å². The van der Waals surface area contributed by atoms with Crippen molar-refractivity contribution in [1.29, 1.82) is 0 Å². The van der Waals surface area contributed by atoms with Crippen LogP contribution in [0.2, 0.25) is 0 Å². The average Bonchev–Trinajstić information content (AvgIpc) is 3.18. The third kappa shape index (κ3) is 3.93. The lowest BCUT2D eigenvalue weighted by molar-refractivity contribution is -0.124. The smallest absolute Gasteiger partial charge is 0.278 e. The number of aromatic nitrogens is 4. The van der Waals surface area contributed by atoms with Crippen molar-refractivity contribution in [3.8, 4) is 10.6 Å². The first-order chi connectivity index (χ1) is 14.0. The summed E-state index contributed by atoms with van der Waals surface area (Å²) in [6.45, 7) is 3.94. The van der Waals surface area contributed by atoms with Crippen molar-refractivity contribution in [1.82, 2.24) is 25.3 Å². The van der Waals surface area contributed by atoms with Crippen LogP contribution in [0.25, 0.3) is 21.5 Å². The zero-order chi connectivity index (χ0) is 20.4. The molecule has 0 unspecified atom stereocenters. The number of thiazole rings is 1. The van der Waals surface area contributed by atoms with E-state index in [0.717, 1.165) is 26.5 Å². The highest BCUT2D eigenvalue weighted by molar-refractivity contribution is 7.13. The van der Waals surface area contributed by atoms with Gasteiger partial charge in [-0.2, -0.15) is 4.68 Å². The summed E-state index contributed by atoms with van der Waals surface area (Å²) in [6.07, 6.45) is 0. The Morgan fingerprint density at radius 3 is 2.83 bits per heavy atom. The van der Waals surface area contributed by atoms with Gasteiger partial charge in [0.15, 0.2) is 0 Å². The fraction of sp³-hybridized carbons (Fsp3) is 0.190. The van der Waals surface area contributed by atoms with Crippen molar-refractivity contribution >= 4 is 28.1 Å². The Bertz CT molecular complexity index is 1250. The summed E-state index contributed by atoms with van der Waals surface area (Å²) >= 11 is 1.59. The van der Waals surface area contributed by atoms with E-state index in [1.807, 2.05) is 36.6 Å². The van der Waals surface area contributed by atoms with Crippen molar-refractivity contribution in [3.63, 3.8) is 0 Å². The number of carbonyl (C=O) groups excluding carboxylic acids is 1. The average molecular weight is 405 g/mol. The number of hydrogen-bond acceptors (Lipinski definition) is 6. The third-order valence-electron chi connectivity index (χ3n) is 4.60. The van der Waals surface area contributed by atoms with E-state index in [2.05, 4.69) is 20.6 Å². The molecule has 0 saturated heterocycles. The molecule has 4 rings (SSSR count). The van der Waals surface area contributed by atoms with Gasteiger partial charge in [0.1, 0.15) is 16.6 Å². The molecule has 8 heteroatoms. The largest absolute Gasteiger partial charge is 0.350 e. The second-order valence-electron chi connectivity index (χ2n) is 6.74. The van der Waals surface area contributed by atoms with Crippen LogP contribution in [0, 0.1) is 6.92 Å². The first-order valence-electron chi connectivity index (χ1n) is 9.16. The van der Waals surface area contributed by atoms with Crippen molar-refractivity contribution in [2.45, 2.75) is 26.4 Å². The maximum Gasteiger partial charge on any atom is 0.278 e. The highest BCUT2D eigenvalue weighted by Crippen LogP contribution is 2.24. The predicted octanol–water partition coefficient (Wildman–Crippen LogP) is 3.10. The summed E-state index contributed by atoms with van der Waals surface area (Å²) in [5.74, 6) is -0.299. The molecule has 1 N–H and O–H groups in total. The van der Waals surface area contributed by atoms with Crippen LogP contribution in [0.15, 0.2) is 58.7 Å². The van der Waals surface area contributed by atoms with Gasteiger partial charge in [-0.05, 0) is 37.6 Å². The quantitative estimate of drug-likeness (QED) is 0.551. The van der Waals surface area contributed by atoms with Crippen LogP contribution in [0.3, 0.4) is 0 Å². The molecule has 0 aliphatic rings. The molecule has 4 aromatic rings. The molecule has 2 aromatic heterocycles. The number of aryl methyl sites for hydroxylation is 1. The predicted molar refractivity (Wildman–Crippen MR) is 113 cm³/mol. The van der Waals surface area contributed by atoms with E-state index >= 15 is 0 Å². The molecule has 0 aliphatic carbocycles. The molecule has 0 radical (unpaired) electrons. The van der Waals surface area contributed by atoms with Crippen molar-refractivity contribution in [2.24, 2.45) is 0 Å². The van der Waals surface area contributed by atoms with E-state index < -0.39 is 6.04 Å². The van der Waals surface area contributed by atoms with Gasteiger partial charge in [-0.1, -0.05) is 35.5 Å². The Kier molecular flexibility index (Phi) is 5.18. The van der Waals surface area contributed by atoms with Gasteiger partial charge in [-0.25, -0.2) is 4.98 Å². The van der Waals surface area contributed by atoms with Crippen LogP contribution in [0.5, 0.6) is 0 Å². The highest BCUT2D eigenvalue weighted by atomic mass is 32.1. The molecule has 0 bridgehead atoms. The Hall–Kier alpha value is -3.39. The molecule has 29 heavy (non-hydrogen) atoms. The first-order valence-corrected chi connectivity index (χ1v) is 10.0. The fourth-order valence-electron chi connectivity index (χ4n) is 3.00. The van der Waals surface area contributed by atoms with E-state index in [0.29, 0.717) is 17.4 Å². The molecule has 0 saturated carbocycles. The summed E-state index contributed by atoms with van der Waals surface area (Å²) < 4.78 is 1.12. The van der Waals surface area contributed by atoms with Crippen LogP contribution >= 0.6 is 11.3 Å². The van der Waals surface area contributed by atoms with Gasteiger partial charge in [-0.15, -0.1) is 16.4 Å². The normalized spacial score (nSPS) is 12.1. The Labute approximate surface area is 171 Å². The number of amides is 1. The van der Waals surface area contributed by atoms with E-state index in [-0.39, 0.29) is 11.5 Å². The maximum absolute atomic E-state index is 12.6. The van der Waals surface area contributed by atoms with Crippen LogP contribution in [0.1, 0.15) is 24.2 Å². The van der Waals surface area contributed by atoms with Gasteiger partial charge in [0, 0.05) is 23.2 Å². The van der Waals surface area contributed by atoms with Crippen molar-refractivity contribution < 1.29 is 4.79 Å². The molecule has 7 nitrogen and oxygen atoms in total. The third-order valence-corrected chi connectivity index (χ3v) is 5.61. The van der Waals surface area contributed by atoms with Crippen LogP contribution < -0.4 is 10.9 Å². The van der Waals surface area contributed by atoms with E-state index in [1.165, 1.54) is 0 Å². The number of fused-ring (bicyclic) bond motifs is 1. The van der Waals surface area contributed by atoms with Crippen LogP contribution in [0.4, 0.5) is 0 Å². The second kappa shape index (κ2) is 7.92. The van der Waals surface area contributed by atoms with Crippen LogP contribution in [-0.4, -0.2) is 25.9 Å². The summed E-state index contributed by atoms with van der Waals surface area (Å²) in [4.78, 5) is 29.7. The van der Waals surface area contributed by atoms with Gasteiger partial charge < -0.3 is 5.32 Å². The zero-order valence-corrected chi connectivity index (χ0v) is 16.8. The molecular formula is C21H19N5O2S. The molecule has 2 heterocycles. The number of benzene rings is 2. The summed E-state index contributed by atoms with van der Waals surface area (Å²) in [5.41, 5.74) is 3.13. The van der Waals surface area contributed by atoms with Gasteiger partial charge in [0.25, 0.3) is 5.56 Å². The van der Waals surface area contributed by atoms with Gasteiger partial charge in [-0.3, -0.25) is 9.59 Å². The summed E-state index contributed by atoms with van der Waals surface area (Å²) in [7, 11) is 0. The molecule has 0 spiro atoms. The van der Waals surface area contributed by atoms with Gasteiger partial charge >= 0.3 is 0 Å². The second-order valence-corrected chi connectivity index (χ2v) is 7.60. The fourth-order valence-corrected chi connectivity index (χ4v) is 3.80. The summed E-state index contributed by atoms with van der Waals surface area (Å²) in [6, 6.07) is 14.1. The first kappa shape index (κ1) is 18.9. The minimum absolute atomic E-state index is 0.299. The number of nitrogens with one attached hydrogen (secondary N) is 1. The van der Waals surface area contributed by atoms with E-state index in [1.54, 1.807) is 42.5 Å². The minimum atomic E-state index is -0.774. The number of rotatable bonds is 5. The van der Waals surface area contributed by atoms with Crippen LogP contribution in [-0.2, 0) is 11.3 Å². The topological polar surface area (TPSA) is 89.8 Å². The zero-order valence-electron chi connectivity index (χ0n) is 16.0. The number of carbonyl (C=O) groups is 1. The Morgan fingerprint density at radius 1 is 1.21 bits per heavy atom. The molecule has 2 aromatic carbocycles. The van der Waals surface area contributed by atoms with Crippen molar-refractivity contribution in [3.05, 3.63) is 75.5 Å². The molecule has 146 valence electrons. The van der Waals surface area contributed by atoms with Crippen molar-refractivity contribution in [2.75, 3.05) is 0 Å². The lowest BCUT2D eigenvalue weighted by Crippen LogP contribution is -2.37. The molecule has 0 fully saturated rings. The SMILES string of the molecule is Cc1csc(-c2cccc(CNC(=O)[C@H](C)n3nnc4ccccc4c3=O)c2)n1. The van der Waals surface area contributed by atoms with E-state index in [4.69, 9.17) is 0 Å². The lowest BCUT2D eigenvalue weighted by Gasteiger charge is -2.14. The Morgan fingerprint density at radius 2 is 2.03 bits per heavy atom. The molecule has 1 amide bonds. The highest BCUT2D eigenvalue weighted by Gasteiger charge is 2.19. The van der Waals surface area contributed by atoms with E-state index in [9.17, 15) is 9.59 Å². The minimum Gasteiger partial charge on any atom is -0.350 e. The molecular weight excluding hydrogens is 386 g/mol. The lowest BCUT2D eigenvalue weighted by atomic mass is 10.1. The number of nitrogens with zero attached hydrogens (tertiary/aromatic N) is 4. The maximum atomic E-state index is 12.6. The summed E-state index contributed by atoms with van der Waals surface area (Å²) in [5, 5.41) is 14.2.